The lowest BCUT2D eigenvalue weighted by atomic mass is 9.94. The maximum absolute atomic E-state index is 14.3. The van der Waals surface area contributed by atoms with Crippen molar-refractivity contribution in [1.82, 2.24) is 0 Å². The normalized spacial score (nSPS) is 10.7. The fourth-order valence-electron chi connectivity index (χ4n) is 4.34. The Morgan fingerprint density at radius 1 is 0.800 bits per heavy atom. The number of unbranched alkanes of at least 4 members (excludes halogenated alkanes) is 2. The molecule has 0 N–H and O–H groups in total. The third kappa shape index (κ3) is 5.94. The van der Waals surface area contributed by atoms with Crippen LogP contribution in [0, 0.1) is 12.7 Å². The molecule has 0 aliphatic rings. The highest BCUT2D eigenvalue weighted by Crippen LogP contribution is 2.36. The molecule has 4 aromatic rings. The molecule has 0 atom stereocenters. The van der Waals surface area contributed by atoms with Crippen LogP contribution in [0.15, 0.2) is 83.9 Å². The quantitative estimate of drug-likeness (QED) is 0.133. The smallest absolute Gasteiger partial charge is 0.150 e. The van der Waals surface area contributed by atoms with Crippen LogP contribution in [0.5, 0.6) is 0 Å². The first-order valence-corrected chi connectivity index (χ1v) is 12.7. The van der Waals surface area contributed by atoms with Gasteiger partial charge in [-0.25, -0.2) is 4.39 Å². The Labute approximate surface area is 217 Å². The first-order valence-electron chi connectivity index (χ1n) is 11.9. The van der Waals surface area contributed by atoms with E-state index in [0.29, 0.717) is 10.6 Å². The molecular formula is C31H27ClFNS. The topological polar surface area (TPSA) is 12.4 Å². The van der Waals surface area contributed by atoms with E-state index in [-0.39, 0.29) is 5.69 Å². The van der Waals surface area contributed by atoms with Crippen molar-refractivity contribution < 1.29 is 4.39 Å². The van der Waals surface area contributed by atoms with Gasteiger partial charge in [-0.05, 0) is 89.1 Å². The zero-order valence-corrected chi connectivity index (χ0v) is 21.5. The third-order valence-corrected chi connectivity index (χ3v) is 6.69. The van der Waals surface area contributed by atoms with Crippen LogP contribution in [0.1, 0.15) is 37.3 Å². The molecule has 0 spiro atoms. The summed E-state index contributed by atoms with van der Waals surface area (Å²) in [5.74, 6) is -0.458. The molecular weight excluding hydrogens is 473 g/mol. The van der Waals surface area contributed by atoms with E-state index < -0.39 is 5.82 Å². The van der Waals surface area contributed by atoms with Crippen molar-refractivity contribution in [2.24, 2.45) is 4.99 Å². The fraction of sp³-hybridized carbons (Fsp3) is 0.194. The van der Waals surface area contributed by atoms with Crippen molar-refractivity contribution in [2.75, 3.05) is 0 Å². The average Bonchev–Trinajstić information content (AvgIpc) is 2.86. The van der Waals surface area contributed by atoms with Gasteiger partial charge in [0.15, 0.2) is 0 Å². The number of benzene rings is 4. The second-order valence-electron chi connectivity index (χ2n) is 8.75. The van der Waals surface area contributed by atoms with E-state index in [1.165, 1.54) is 47.6 Å². The molecule has 176 valence electrons. The van der Waals surface area contributed by atoms with E-state index in [1.807, 2.05) is 18.2 Å². The van der Waals surface area contributed by atoms with Crippen molar-refractivity contribution in [3.8, 4) is 33.4 Å². The summed E-state index contributed by atoms with van der Waals surface area (Å²) < 4.78 is 14.3. The van der Waals surface area contributed by atoms with Crippen LogP contribution in [0.2, 0.25) is 5.02 Å². The van der Waals surface area contributed by atoms with Gasteiger partial charge in [0.25, 0.3) is 0 Å². The van der Waals surface area contributed by atoms with E-state index in [1.54, 1.807) is 12.1 Å². The Bertz CT molecular complexity index is 1390. The molecule has 0 saturated heterocycles. The van der Waals surface area contributed by atoms with Crippen LogP contribution in [0.25, 0.3) is 33.4 Å². The number of thiocarbonyl (C=S) groups is 1. The van der Waals surface area contributed by atoms with Crippen molar-refractivity contribution >= 4 is 34.7 Å². The monoisotopic (exact) mass is 499 g/mol. The molecule has 0 heterocycles. The first kappa shape index (κ1) is 25.0. The van der Waals surface area contributed by atoms with Crippen LogP contribution in [-0.2, 0) is 6.42 Å². The SMILES string of the molecule is CCCCCc1ccc(-c2ccc(-c3ccc(-c4ccc(N=C=S)c(F)c4)c(Cl)c3)c(C)c2)cc1. The first-order chi connectivity index (χ1) is 17.0. The predicted octanol–water partition coefficient (Wildman–Crippen LogP) is 10.3. The second-order valence-corrected chi connectivity index (χ2v) is 9.34. The number of isothiocyanates is 1. The lowest BCUT2D eigenvalue weighted by molar-refractivity contribution is 0.630. The summed E-state index contributed by atoms with van der Waals surface area (Å²) in [4.78, 5) is 3.73. The summed E-state index contributed by atoms with van der Waals surface area (Å²) in [5, 5.41) is 2.76. The molecule has 0 radical (unpaired) electrons. The molecule has 0 unspecified atom stereocenters. The van der Waals surface area contributed by atoms with E-state index in [2.05, 4.69) is 78.7 Å². The van der Waals surface area contributed by atoms with E-state index in [0.717, 1.165) is 23.1 Å². The summed E-state index contributed by atoms with van der Waals surface area (Å²) in [6, 6.07) is 26.1. The van der Waals surface area contributed by atoms with Crippen molar-refractivity contribution in [2.45, 2.75) is 39.5 Å². The van der Waals surface area contributed by atoms with E-state index in [4.69, 9.17) is 11.6 Å². The van der Waals surface area contributed by atoms with Gasteiger partial charge in [0, 0.05) is 10.6 Å². The molecule has 0 fully saturated rings. The van der Waals surface area contributed by atoms with E-state index >= 15 is 0 Å². The molecule has 0 aliphatic heterocycles. The molecule has 0 bridgehead atoms. The van der Waals surface area contributed by atoms with Gasteiger partial charge in [-0.15, -0.1) is 0 Å². The van der Waals surface area contributed by atoms with Gasteiger partial charge in [0.1, 0.15) is 11.5 Å². The largest absolute Gasteiger partial charge is 0.205 e. The summed E-state index contributed by atoms with van der Waals surface area (Å²) >= 11 is 11.2. The van der Waals surface area contributed by atoms with Crippen molar-refractivity contribution in [3.05, 3.63) is 101 Å². The lowest BCUT2D eigenvalue weighted by Crippen LogP contribution is -1.89. The summed E-state index contributed by atoms with van der Waals surface area (Å²) in [7, 11) is 0. The Morgan fingerprint density at radius 3 is 2.11 bits per heavy atom. The zero-order valence-electron chi connectivity index (χ0n) is 19.9. The Kier molecular flexibility index (Phi) is 8.25. The number of aryl methyl sites for hydroxylation is 2. The summed E-state index contributed by atoms with van der Waals surface area (Å²) in [5.41, 5.74) is 8.75. The number of rotatable bonds is 8. The van der Waals surface area contributed by atoms with Gasteiger partial charge in [0.2, 0.25) is 0 Å². The fourth-order valence-corrected chi connectivity index (χ4v) is 4.73. The van der Waals surface area contributed by atoms with Gasteiger partial charge < -0.3 is 0 Å². The maximum Gasteiger partial charge on any atom is 0.150 e. The highest BCUT2D eigenvalue weighted by atomic mass is 35.5. The maximum atomic E-state index is 14.3. The van der Waals surface area contributed by atoms with Gasteiger partial charge in [-0.1, -0.05) is 92.0 Å². The Morgan fingerprint density at radius 2 is 1.46 bits per heavy atom. The highest BCUT2D eigenvalue weighted by molar-refractivity contribution is 7.78. The van der Waals surface area contributed by atoms with Gasteiger partial charge in [-0.3, -0.25) is 0 Å². The number of aliphatic imine (C=N–C) groups is 1. The Hall–Kier alpha value is -3.10. The molecule has 4 aromatic carbocycles. The summed E-state index contributed by atoms with van der Waals surface area (Å²) in [6.45, 7) is 4.35. The molecule has 0 amide bonds. The second kappa shape index (κ2) is 11.6. The highest BCUT2D eigenvalue weighted by Gasteiger charge is 2.11. The lowest BCUT2D eigenvalue weighted by Gasteiger charge is -2.12. The minimum Gasteiger partial charge on any atom is -0.205 e. The average molecular weight is 500 g/mol. The number of hydrogen-bond acceptors (Lipinski definition) is 2. The zero-order chi connectivity index (χ0) is 24.8. The van der Waals surface area contributed by atoms with Crippen LogP contribution >= 0.6 is 23.8 Å². The third-order valence-electron chi connectivity index (χ3n) is 6.29. The number of halogens is 2. The molecule has 4 rings (SSSR count). The molecule has 0 aliphatic carbocycles. The Balaban J connectivity index is 1.56. The summed E-state index contributed by atoms with van der Waals surface area (Å²) in [6.07, 6.45) is 4.90. The predicted molar refractivity (Wildman–Crippen MR) is 150 cm³/mol. The standard InChI is InChI=1S/C31H27ClFNS/c1-3-4-5-6-22-7-9-23(10-8-22)24-11-14-27(21(2)17-24)25-12-15-28(29(32)18-25)26-13-16-31(34-20-35)30(33)19-26/h7-19H,3-6H2,1-2H3. The molecule has 0 saturated carbocycles. The van der Waals surface area contributed by atoms with Gasteiger partial charge >= 0.3 is 0 Å². The van der Waals surface area contributed by atoms with Crippen molar-refractivity contribution in [3.63, 3.8) is 0 Å². The van der Waals surface area contributed by atoms with E-state index in [9.17, 15) is 4.39 Å². The minimum atomic E-state index is -0.458. The van der Waals surface area contributed by atoms with Crippen LogP contribution in [-0.4, -0.2) is 5.16 Å². The molecule has 1 nitrogen and oxygen atoms in total. The van der Waals surface area contributed by atoms with Crippen LogP contribution < -0.4 is 0 Å². The van der Waals surface area contributed by atoms with Crippen LogP contribution in [0.3, 0.4) is 0 Å². The number of nitrogens with zero attached hydrogens (tertiary/aromatic N) is 1. The minimum absolute atomic E-state index is 0.165. The van der Waals surface area contributed by atoms with Crippen molar-refractivity contribution in [1.29, 1.82) is 0 Å². The molecule has 4 heteroatoms. The van der Waals surface area contributed by atoms with Crippen LogP contribution in [0.4, 0.5) is 10.1 Å². The molecule has 35 heavy (non-hydrogen) atoms. The van der Waals surface area contributed by atoms with Gasteiger partial charge in [0.05, 0.1) is 5.16 Å². The molecule has 0 aromatic heterocycles. The number of hydrogen-bond donors (Lipinski definition) is 0. The van der Waals surface area contributed by atoms with Gasteiger partial charge in [-0.2, -0.15) is 4.99 Å².